The van der Waals surface area contributed by atoms with Gasteiger partial charge < -0.3 is 15.6 Å². The Kier molecular flexibility index (Phi) is 6.48. The van der Waals surface area contributed by atoms with Crippen LogP contribution in [0.2, 0.25) is 0 Å². The number of hydrogen-bond donors (Lipinski definition) is 3. The minimum atomic E-state index is -0.0205. The first-order chi connectivity index (χ1) is 13.6. The average molecular weight is 377 g/mol. The number of benzene rings is 2. The van der Waals surface area contributed by atoms with Crippen LogP contribution < -0.4 is 10.6 Å². The predicted octanol–water partition coefficient (Wildman–Crippen LogP) is 4.40. The van der Waals surface area contributed by atoms with Gasteiger partial charge in [-0.2, -0.15) is 0 Å². The predicted molar refractivity (Wildman–Crippen MR) is 113 cm³/mol. The number of fused-ring (bicyclic) bond motifs is 1. The fraction of sp³-hybridized carbons (Fsp3) is 0.304. The summed E-state index contributed by atoms with van der Waals surface area (Å²) in [5.74, 6) is 0.00890. The number of nitrogens with one attached hydrogen (secondary N) is 3. The highest BCUT2D eigenvalue weighted by Gasteiger charge is 2.11. The van der Waals surface area contributed by atoms with Crippen LogP contribution in [0.25, 0.3) is 10.9 Å². The molecule has 3 aromatic rings. The molecule has 2 aromatic carbocycles. The Hall–Kier alpha value is -3.08. The van der Waals surface area contributed by atoms with Crippen molar-refractivity contribution in [2.24, 2.45) is 5.92 Å². The standard InChI is InChI=1S/C23H27N3O2/c1-3-16(2)23(28)26-19-8-6-7-17(13-19)14-25-22(27)12-11-18-15-24-21-10-5-4-9-20(18)21/h4-10,13,15-16,24H,3,11-12,14H2,1-2H3,(H,25,27)(H,26,28)/t16-/m1/s1. The summed E-state index contributed by atoms with van der Waals surface area (Å²) in [4.78, 5) is 27.5. The molecule has 5 nitrogen and oxygen atoms in total. The van der Waals surface area contributed by atoms with Crippen molar-refractivity contribution in [3.8, 4) is 0 Å². The van der Waals surface area contributed by atoms with Crippen LogP contribution in [0, 0.1) is 5.92 Å². The maximum absolute atomic E-state index is 12.2. The summed E-state index contributed by atoms with van der Waals surface area (Å²) in [5.41, 5.74) is 3.97. The molecule has 0 aliphatic rings. The normalized spacial score (nSPS) is 11.9. The van der Waals surface area contributed by atoms with Gasteiger partial charge in [-0.15, -0.1) is 0 Å². The van der Waals surface area contributed by atoms with E-state index in [-0.39, 0.29) is 17.7 Å². The fourth-order valence-electron chi connectivity index (χ4n) is 3.09. The summed E-state index contributed by atoms with van der Waals surface area (Å²) in [6, 6.07) is 15.7. The Morgan fingerprint density at radius 3 is 2.75 bits per heavy atom. The number of carbonyl (C=O) groups excluding carboxylic acids is 2. The van der Waals surface area contributed by atoms with Crippen molar-refractivity contribution >= 4 is 28.4 Å². The van der Waals surface area contributed by atoms with E-state index in [1.807, 2.05) is 62.5 Å². The molecule has 0 unspecified atom stereocenters. The third-order valence-corrected chi connectivity index (χ3v) is 5.04. The van der Waals surface area contributed by atoms with Crippen LogP contribution in [0.5, 0.6) is 0 Å². The van der Waals surface area contributed by atoms with Gasteiger partial charge in [0.05, 0.1) is 0 Å². The summed E-state index contributed by atoms with van der Waals surface area (Å²) in [6.45, 7) is 4.35. The zero-order chi connectivity index (χ0) is 19.9. The number of aromatic amines is 1. The number of H-pyrrole nitrogens is 1. The van der Waals surface area contributed by atoms with Gasteiger partial charge in [0.1, 0.15) is 0 Å². The number of rotatable bonds is 8. The fourth-order valence-corrected chi connectivity index (χ4v) is 3.09. The Morgan fingerprint density at radius 1 is 1.11 bits per heavy atom. The molecular formula is C23H27N3O2. The third-order valence-electron chi connectivity index (χ3n) is 5.04. The topological polar surface area (TPSA) is 74.0 Å². The Morgan fingerprint density at radius 2 is 1.93 bits per heavy atom. The van der Waals surface area contributed by atoms with Gasteiger partial charge >= 0.3 is 0 Å². The molecule has 0 fully saturated rings. The molecule has 0 bridgehead atoms. The molecule has 2 amide bonds. The molecule has 5 heteroatoms. The SMILES string of the molecule is CC[C@@H](C)C(=O)Nc1cccc(CNC(=O)CCc2c[nH]c3ccccc23)c1. The van der Waals surface area contributed by atoms with Crippen LogP contribution in [-0.2, 0) is 22.6 Å². The second kappa shape index (κ2) is 9.22. The average Bonchev–Trinajstić information content (AvgIpc) is 3.13. The van der Waals surface area contributed by atoms with Crippen LogP contribution >= 0.6 is 0 Å². The number of anilines is 1. The number of aromatic nitrogens is 1. The van der Waals surface area contributed by atoms with Gasteiger partial charge in [-0.1, -0.05) is 44.2 Å². The van der Waals surface area contributed by atoms with E-state index in [1.54, 1.807) is 0 Å². The van der Waals surface area contributed by atoms with Gasteiger partial charge in [0.25, 0.3) is 0 Å². The molecule has 3 N–H and O–H groups in total. The second-order valence-electron chi connectivity index (χ2n) is 7.14. The summed E-state index contributed by atoms with van der Waals surface area (Å²) >= 11 is 0. The number of carbonyl (C=O) groups is 2. The largest absolute Gasteiger partial charge is 0.361 e. The molecule has 28 heavy (non-hydrogen) atoms. The van der Waals surface area contributed by atoms with Crippen LogP contribution in [-0.4, -0.2) is 16.8 Å². The lowest BCUT2D eigenvalue weighted by atomic mass is 10.1. The number of para-hydroxylation sites is 1. The molecule has 0 radical (unpaired) electrons. The highest BCUT2D eigenvalue weighted by atomic mass is 16.2. The Bertz CT molecular complexity index is 961. The van der Waals surface area contributed by atoms with Gasteiger partial charge in [0.2, 0.25) is 11.8 Å². The first-order valence-electron chi connectivity index (χ1n) is 9.78. The maximum atomic E-state index is 12.2. The van der Waals surface area contributed by atoms with E-state index in [9.17, 15) is 9.59 Å². The molecule has 1 atom stereocenters. The van der Waals surface area contributed by atoms with Crippen molar-refractivity contribution in [2.75, 3.05) is 5.32 Å². The summed E-state index contributed by atoms with van der Waals surface area (Å²) in [5, 5.41) is 7.06. The minimum absolute atomic E-state index is 0.0133. The van der Waals surface area contributed by atoms with Crippen LogP contribution in [0.15, 0.2) is 54.7 Å². The minimum Gasteiger partial charge on any atom is -0.361 e. The maximum Gasteiger partial charge on any atom is 0.227 e. The van der Waals surface area contributed by atoms with Crippen molar-refractivity contribution in [3.05, 3.63) is 65.9 Å². The highest BCUT2D eigenvalue weighted by Crippen LogP contribution is 2.19. The van der Waals surface area contributed by atoms with E-state index < -0.39 is 0 Å². The molecular weight excluding hydrogens is 350 g/mol. The number of hydrogen-bond acceptors (Lipinski definition) is 2. The lowest BCUT2D eigenvalue weighted by molar-refractivity contribution is -0.121. The zero-order valence-corrected chi connectivity index (χ0v) is 16.4. The van der Waals surface area contributed by atoms with Crippen molar-refractivity contribution in [2.45, 2.75) is 39.7 Å². The van der Waals surface area contributed by atoms with E-state index in [2.05, 4.69) is 21.7 Å². The van der Waals surface area contributed by atoms with Crippen LogP contribution in [0.3, 0.4) is 0 Å². The summed E-state index contributed by atoms with van der Waals surface area (Å²) in [7, 11) is 0. The van der Waals surface area contributed by atoms with Gasteiger partial charge in [-0.05, 0) is 42.2 Å². The van der Waals surface area contributed by atoms with E-state index >= 15 is 0 Å². The first-order valence-corrected chi connectivity index (χ1v) is 9.78. The van der Waals surface area contributed by atoms with Crippen LogP contribution in [0.1, 0.15) is 37.8 Å². The molecule has 1 aromatic heterocycles. The van der Waals surface area contributed by atoms with E-state index in [4.69, 9.17) is 0 Å². The molecule has 146 valence electrons. The van der Waals surface area contributed by atoms with Crippen molar-refractivity contribution in [1.82, 2.24) is 10.3 Å². The summed E-state index contributed by atoms with van der Waals surface area (Å²) in [6.07, 6.45) is 3.91. The number of aryl methyl sites for hydroxylation is 1. The van der Waals surface area contributed by atoms with Gasteiger partial charge in [0.15, 0.2) is 0 Å². The molecule has 0 aliphatic carbocycles. The monoisotopic (exact) mass is 377 g/mol. The van der Waals surface area contributed by atoms with Crippen molar-refractivity contribution in [1.29, 1.82) is 0 Å². The highest BCUT2D eigenvalue weighted by molar-refractivity contribution is 5.92. The lowest BCUT2D eigenvalue weighted by Crippen LogP contribution is -2.23. The smallest absolute Gasteiger partial charge is 0.227 e. The molecule has 0 spiro atoms. The Balaban J connectivity index is 1.50. The molecule has 1 heterocycles. The Labute approximate surface area is 165 Å². The molecule has 0 saturated carbocycles. The first kappa shape index (κ1) is 19.7. The van der Waals surface area contributed by atoms with Crippen molar-refractivity contribution in [3.63, 3.8) is 0 Å². The van der Waals surface area contributed by atoms with Gasteiger partial charge in [0, 0.05) is 41.7 Å². The second-order valence-corrected chi connectivity index (χ2v) is 7.14. The molecule has 3 rings (SSSR count). The van der Waals surface area contributed by atoms with Crippen molar-refractivity contribution < 1.29 is 9.59 Å². The van der Waals surface area contributed by atoms with Crippen LogP contribution in [0.4, 0.5) is 5.69 Å². The summed E-state index contributed by atoms with van der Waals surface area (Å²) < 4.78 is 0. The third kappa shape index (κ3) is 5.00. The van der Waals surface area contributed by atoms with E-state index in [0.717, 1.165) is 28.8 Å². The lowest BCUT2D eigenvalue weighted by Gasteiger charge is -2.11. The number of amides is 2. The molecule has 0 aliphatic heterocycles. The van der Waals surface area contributed by atoms with Gasteiger partial charge in [-0.3, -0.25) is 9.59 Å². The van der Waals surface area contributed by atoms with Gasteiger partial charge in [-0.25, -0.2) is 0 Å². The van der Waals surface area contributed by atoms with E-state index in [1.165, 1.54) is 5.39 Å². The van der Waals surface area contributed by atoms with E-state index in [0.29, 0.717) is 19.4 Å². The molecule has 0 saturated heterocycles. The quantitative estimate of drug-likeness (QED) is 0.544. The zero-order valence-electron chi connectivity index (χ0n) is 16.4.